The first-order valence-corrected chi connectivity index (χ1v) is 11.5. The molecule has 0 aliphatic carbocycles. The van der Waals surface area contributed by atoms with Crippen LogP contribution < -0.4 is 21.9 Å². The molecular formula is C25H28N8O2. The summed E-state index contributed by atoms with van der Waals surface area (Å²) in [6.45, 7) is 0.366. The van der Waals surface area contributed by atoms with Gasteiger partial charge in [0.25, 0.3) is 5.56 Å². The number of piperidine rings is 1. The second kappa shape index (κ2) is 9.00. The predicted octanol–water partition coefficient (Wildman–Crippen LogP) is 1.15. The SMILES string of the molecule is [2H][13C]([2H])([2H])C#CCn1c(N2CCC[C@@H](N)C2)nc2c1c(=O)n(Cc1nc(C)c3ccccc3n1)c(=O)n2C. The maximum absolute atomic E-state index is 13.8. The van der Waals surface area contributed by atoms with E-state index in [4.69, 9.17) is 9.85 Å². The number of anilines is 1. The molecule has 0 unspecified atom stereocenters. The number of hydrogen-bond acceptors (Lipinski definition) is 7. The van der Waals surface area contributed by atoms with Crippen molar-refractivity contribution in [2.45, 2.75) is 45.7 Å². The summed E-state index contributed by atoms with van der Waals surface area (Å²) in [5, 5.41) is 0.891. The minimum absolute atomic E-state index is 0.0701. The van der Waals surface area contributed by atoms with Gasteiger partial charge < -0.3 is 10.6 Å². The van der Waals surface area contributed by atoms with Gasteiger partial charge in [-0.05, 0) is 32.7 Å². The third-order valence-corrected chi connectivity index (χ3v) is 6.42. The molecule has 180 valence electrons. The Labute approximate surface area is 206 Å². The third-order valence-electron chi connectivity index (χ3n) is 6.42. The van der Waals surface area contributed by atoms with Gasteiger partial charge in [0, 0.05) is 41.4 Å². The van der Waals surface area contributed by atoms with Crippen molar-refractivity contribution >= 4 is 28.0 Å². The van der Waals surface area contributed by atoms with Crippen molar-refractivity contribution in [3.8, 4) is 11.8 Å². The molecule has 2 N–H and O–H groups in total. The van der Waals surface area contributed by atoms with Gasteiger partial charge >= 0.3 is 5.69 Å². The Bertz CT molecular complexity index is 1720. The quantitative estimate of drug-likeness (QED) is 0.347. The smallest absolute Gasteiger partial charge is 0.332 e. The summed E-state index contributed by atoms with van der Waals surface area (Å²) in [7, 11) is 1.55. The molecule has 4 heterocycles. The van der Waals surface area contributed by atoms with E-state index in [0.717, 1.165) is 34.0 Å². The van der Waals surface area contributed by atoms with E-state index in [9.17, 15) is 9.59 Å². The number of para-hydroxylation sites is 1. The number of aromatic nitrogens is 6. The van der Waals surface area contributed by atoms with Crippen molar-refractivity contribution in [1.29, 1.82) is 0 Å². The highest BCUT2D eigenvalue weighted by molar-refractivity contribution is 5.80. The number of imidazole rings is 1. The number of benzene rings is 1. The lowest BCUT2D eigenvalue weighted by molar-refractivity contribution is 0.496. The fourth-order valence-corrected chi connectivity index (χ4v) is 4.71. The fourth-order valence-electron chi connectivity index (χ4n) is 4.71. The summed E-state index contributed by atoms with van der Waals surface area (Å²) in [6, 6.07) is 7.46. The third kappa shape index (κ3) is 3.98. The van der Waals surface area contributed by atoms with E-state index in [0.29, 0.717) is 24.9 Å². The van der Waals surface area contributed by atoms with Crippen LogP contribution >= 0.6 is 0 Å². The van der Waals surface area contributed by atoms with E-state index >= 15 is 0 Å². The molecule has 1 saturated heterocycles. The van der Waals surface area contributed by atoms with Gasteiger partial charge in [-0.25, -0.2) is 14.8 Å². The average Bonchev–Trinajstić information content (AvgIpc) is 3.24. The van der Waals surface area contributed by atoms with E-state index in [1.54, 1.807) is 11.6 Å². The van der Waals surface area contributed by atoms with Crippen molar-refractivity contribution in [2.24, 2.45) is 12.8 Å². The van der Waals surface area contributed by atoms with E-state index in [1.165, 1.54) is 4.57 Å². The number of fused-ring (bicyclic) bond motifs is 2. The summed E-state index contributed by atoms with van der Waals surface area (Å²) < 4.78 is 26.2. The zero-order valence-corrected chi connectivity index (χ0v) is 19.7. The second-order valence-electron chi connectivity index (χ2n) is 8.80. The van der Waals surface area contributed by atoms with Gasteiger partial charge in [-0.2, -0.15) is 4.98 Å². The number of nitrogens with zero attached hydrogens (tertiary/aromatic N) is 7. The molecule has 1 aromatic carbocycles. The van der Waals surface area contributed by atoms with E-state index in [-0.39, 0.29) is 30.3 Å². The Morgan fingerprint density at radius 1 is 1.20 bits per heavy atom. The van der Waals surface area contributed by atoms with Gasteiger partial charge in [0.1, 0.15) is 5.82 Å². The zero-order chi connectivity index (χ0) is 27.2. The van der Waals surface area contributed by atoms with Crippen LogP contribution in [-0.2, 0) is 20.1 Å². The van der Waals surface area contributed by atoms with Gasteiger partial charge in [0.2, 0.25) is 5.95 Å². The zero-order valence-electron chi connectivity index (χ0n) is 22.7. The summed E-state index contributed by atoms with van der Waals surface area (Å²) >= 11 is 0. The van der Waals surface area contributed by atoms with Crippen molar-refractivity contribution in [3.05, 3.63) is 56.6 Å². The van der Waals surface area contributed by atoms with Crippen LogP contribution in [0.2, 0.25) is 0 Å². The highest BCUT2D eigenvalue weighted by atomic mass is 16.2. The van der Waals surface area contributed by atoms with Gasteiger partial charge in [0.15, 0.2) is 11.2 Å². The van der Waals surface area contributed by atoms with Gasteiger partial charge in [-0.1, -0.05) is 24.1 Å². The minimum atomic E-state index is -2.44. The topological polar surface area (TPSA) is 117 Å². The molecule has 0 saturated carbocycles. The molecule has 0 spiro atoms. The summed E-state index contributed by atoms with van der Waals surface area (Å²) in [5.74, 6) is 5.67. The first-order chi connectivity index (χ1) is 18.0. The maximum atomic E-state index is 13.8. The molecule has 1 aliphatic rings. The maximum Gasteiger partial charge on any atom is 0.332 e. The van der Waals surface area contributed by atoms with Gasteiger partial charge in [-0.15, -0.1) is 5.92 Å². The first kappa shape index (κ1) is 19.3. The first-order valence-electron chi connectivity index (χ1n) is 13.0. The van der Waals surface area contributed by atoms with E-state index in [1.807, 2.05) is 36.1 Å². The minimum Gasteiger partial charge on any atom is -0.341 e. The molecule has 0 bridgehead atoms. The lowest BCUT2D eigenvalue weighted by Crippen LogP contribution is -2.44. The molecule has 10 heteroatoms. The highest BCUT2D eigenvalue weighted by Crippen LogP contribution is 2.23. The molecule has 10 nitrogen and oxygen atoms in total. The Hall–Kier alpha value is -3.97. The van der Waals surface area contributed by atoms with Crippen LogP contribution in [0.15, 0.2) is 33.9 Å². The largest absolute Gasteiger partial charge is 0.341 e. The fraction of sp³-hybridized carbons (Fsp3) is 0.400. The van der Waals surface area contributed by atoms with Crippen LogP contribution in [0, 0.1) is 18.8 Å². The van der Waals surface area contributed by atoms with Crippen molar-refractivity contribution in [3.63, 3.8) is 0 Å². The Morgan fingerprint density at radius 2 is 2.03 bits per heavy atom. The summed E-state index contributed by atoms with van der Waals surface area (Å²) in [6.07, 6.45) is 1.71. The van der Waals surface area contributed by atoms with Crippen LogP contribution in [0.3, 0.4) is 0 Å². The van der Waals surface area contributed by atoms with Crippen LogP contribution in [0.1, 0.15) is 35.3 Å². The lowest BCUT2D eigenvalue weighted by Gasteiger charge is -2.31. The molecule has 1 atom stereocenters. The molecule has 0 radical (unpaired) electrons. The lowest BCUT2D eigenvalue weighted by atomic mass is 10.1. The van der Waals surface area contributed by atoms with Crippen molar-refractivity contribution < 1.29 is 4.11 Å². The molecule has 4 aromatic rings. The van der Waals surface area contributed by atoms with E-state index in [2.05, 4.69) is 26.8 Å². The number of rotatable bonds is 4. The molecular weight excluding hydrogens is 445 g/mol. The molecule has 35 heavy (non-hydrogen) atoms. The van der Waals surface area contributed by atoms with Crippen LogP contribution in [0.5, 0.6) is 0 Å². The molecule has 3 aromatic heterocycles. The Kier molecular flexibility index (Phi) is 4.97. The second-order valence-corrected chi connectivity index (χ2v) is 8.80. The Morgan fingerprint density at radius 3 is 2.83 bits per heavy atom. The number of aryl methyl sites for hydroxylation is 2. The normalized spacial score (nSPS) is 17.6. The predicted molar refractivity (Wildman–Crippen MR) is 135 cm³/mol. The standard InChI is InChI=1S/C25H28N8O2/c1-4-5-13-32-21-22(29-24(32)31-12-8-9-17(26)14-31)30(3)25(35)33(23(21)34)15-20-27-16(2)18-10-6-7-11-19(18)28-20/h6-7,10-11,17H,8-9,12-15,26H2,1-3H3/t17-/m1/s1/i1+1D3. The van der Waals surface area contributed by atoms with Crippen molar-refractivity contribution in [1.82, 2.24) is 28.7 Å². The molecule has 5 rings (SSSR count). The summed E-state index contributed by atoms with van der Waals surface area (Å²) in [5.41, 5.74) is 6.86. The van der Waals surface area contributed by atoms with Gasteiger partial charge in [0.05, 0.1) is 18.6 Å². The van der Waals surface area contributed by atoms with Gasteiger partial charge in [-0.3, -0.25) is 18.5 Å². The molecule has 0 amide bonds. The molecule has 1 aliphatic heterocycles. The average molecular weight is 477 g/mol. The number of nitrogens with two attached hydrogens (primary N) is 1. The Balaban J connectivity index is 1.68. The van der Waals surface area contributed by atoms with Crippen LogP contribution in [0.4, 0.5) is 5.95 Å². The van der Waals surface area contributed by atoms with Crippen LogP contribution in [0.25, 0.3) is 22.1 Å². The van der Waals surface area contributed by atoms with E-state index < -0.39 is 18.1 Å². The molecule has 1 fully saturated rings. The van der Waals surface area contributed by atoms with Crippen molar-refractivity contribution in [2.75, 3.05) is 18.0 Å². The number of hydrogen-bond donors (Lipinski definition) is 1. The highest BCUT2D eigenvalue weighted by Gasteiger charge is 2.26. The monoisotopic (exact) mass is 476 g/mol. The summed E-state index contributed by atoms with van der Waals surface area (Å²) in [4.78, 5) is 42.9. The van der Waals surface area contributed by atoms with Crippen LogP contribution in [-0.4, -0.2) is 47.8 Å².